The van der Waals surface area contributed by atoms with Crippen LogP contribution in [-0.4, -0.2) is 16.7 Å². The van der Waals surface area contributed by atoms with Gasteiger partial charge >= 0.3 is 0 Å². The molecule has 2 N–H and O–H groups in total. The van der Waals surface area contributed by atoms with E-state index in [2.05, 4.69) is 5.32 Å². The lowest BCUT2D eigenvalue weighted by atomic mass is 9.48. The lowest BCUT2D eigenvalue weighted by molar-refractivity contribution is -0.128. The van der Waals surface area contributed by atoms with Crippen molar-refractivity contribution >= 4 is 5.91 Å². The molecule has 0 aromatic heterocycles. The summed E-state index contributed by atoms with van der Waals surface area (Å²) in [4.78, 5) is 12.7. The lowest BCUT2D eigenvalue weighted by Crippen LogP contribution is -2.57. The molecule has 0 spiro atoms. The molecule has 6 nitrogen and oxygen atoms in total. The summed E-state index contributed by atoms with van der Waals surface area (Å²) in [5.41, 5.74) is -4.68. The van der Waals surface area contributed by atoms with Gasteiger partial charge in [-0.05, 0) is 12.0 Å². The van der Waals surface area contributed by atoms with Crippen molar-refractivity contribution in [3.8, 4) is 18.2 Å². The molecule has 2 aliphatic rings. The minimum absolute atomic E-state index is 0.246. The number of nitrogens with zero attached hydrogens (tertiary/aromatic N) is 3. The van der Waals surface area contributed by atoms with Gasteiger partial charge in [0.25, 0.3) is 0 Å². The molecule has 4 atom stereocenters. The number of nitrogens with one attached hydrogen (secondary N) is 1. The van der Waals surface area contributed by atoms with Crippen LogP contribution in [0.1, 0.15) is 37.7 Å². The molecule has 1 aromatic carbocycles. The van der Waals surface area contributed by atoms with Crippen molar-refractivity contribution in [3.63, 3.8) is 0 Å². The first-order chi connectivity index (χ1) is 11.9. The van der Waals surface area contributed by atoms with Gasteiger partial charge in [-0.15, -0.1) is 0 Å². The fourth-order valence-electron chi connectivity index (χ4n) is 4.61. The van der Waals surface area contributed by atoms with Gasteiger partial charge < -0.3 is 10.4 Å². The molecular weight excluding hydrogens is 316 g/mol. The van der Waals surface area contributed by atoms with E-state index in [1.807, 2.05) is 31.2 Å². The fraction of sp³-hybridized carbons (Fsp3) is 0.474. The van der Waals surface area contributed by atoms with Gasteiger partial charge in [-0.1, -0.05) is 43.7 Å². The Morgan fingerprint density at radius 1 is 1.20 bits per heavy atom. The van der Waals surface area contributed by atoms with E-state index in [4.69, 9.17) is 0 Å². The summed E-state index contributed by atoms with van der Waals surface area (Å²) in [6.07, 6.45) is 0.978. The van der Waals surface area contributed by atoms with Crippen LogP contribution in [0.25, 0.3) is 0 Å². The number of rotatable bonds is 3. The van der Waals surface area contributed by atoms with E-state index in [-0.39, 0.29) is 6.42 Å². The maximum absolute atomic E-state index is 12.7. The Labute approximate surface area is 146 Å². The number of fused-ring (bicyclic) bond motifs is 2. The van der Waals surface area contributed by atoms with Crippen LogP contribution in [0.2, 0.25) is 0 Å². The zero-order valence-electron chi connectivity index (χ0n) is 13.9. The van der Waals surface area contributed by atoms with Crippen molar-refractivity contribution in [3.05, 3.63) is 35.9 Å². The van der Waals surface area contributed by atoms with Crippen molar-refractivity contribution in [1.29, 1.82) is 15.8 Å². The van der Waals surface area contributed by atoms with Gasteiger partial charge in [0.1, 0.15) is 5.72 Å². The Bertz CT molecular complexity index is 818. The Hall–Kier alpha value is -2.88. The molecule has 1 aromatic rings. The van der Waals surface area contributed by atoms with E-state index >= 15 is 0 Å². The zero-order chi connectivity index (χ0) is 18.3. The normalized spacial score (nSPS) is 35.1. The Morgan fingerprint density at radius 2 is 1.84 bits per heavy atom. The fourth-order valence-corrected chi connectivity index (χ4v) is 4.61. The average molecular weight is 334 g/mol. The van der Waals surface area contributed by atoms with Crippen LogP contribution < -0.4 is 5.32 Å². The standard InChI is InChI=1S/C19H18N4O2/c1-2-6-14-15(13-7-4-3-5-8-13)18(11-21,12-22)17(10-20)9-19(14,25)23-16(17)24/h3-5,7-8,14-15,25H,2,6,9H2,1H3,(H,23,24)/t14-,15-,17+,19-/m0/s1. The first-order valence-electron chi connectivity index (χ1n) is 8.28. The van der Waals surface area contributed by atoms with E-state index < -0.39 is 34.3 Å². The van der Waals surface area contributed by atoms with Gasteiger partial charge in [0, 0.05) is 18.3 Å². The molecular formula is C19H18N4O2. The topological polar surface area (TPSA) is 121 Å². The molecule has 2 bridgehead atoms. The summed E-state index contributed by atoms with van der Waals surface area (Å²) in [6.45, 7) is 1.94. The number of hydrogen-bond donors (Lipinski definition) is 2. The Balaban J connectivity index is 2.35. The number of carbonyl (C=O) groups excluding carboxylic acids is 1. The monoisotopic (exact) mass is 334 g/mol. The number of aliphatic hydroxyl groups is 1. The summed E-state index contributed by atoms with van der Waals surface area (Å²) < 4.78 is 0. The van der Waals surface area contributed by atoms with Gasteiger partial charge in [0.2, 0.25) is 5.91 Å². The molecule has 6 heteroatoms. The van der Waals surface area contributed by atoms with Crippen LogP contribution in [0.5, 0.6) is 0 Å². The molecule has 1 heterocycles. The van der Waals surface area contributed by atoms with Gasteiger partial charge in [0.15, 0.2) is 10.8 Å². The largest absolute Gasteiger partial charge is 0.371 e. The van der Waals surface area contributed by atoms with Crippen LogP contribution in [0.3, 0.4) is 0 Å². The highest BCUT2D eigenvalue weighted by atomic mass is 16.3. The van der Waals surface area contributed by atoms with Crippen molar-refractivity contribution in [2.45, 2.75) is 37.8 Å². The van der Waals surface area contributed by atoms with E-state index in [1.165, 1.54) is 0 Å². The Morgan fingerprint density at radius 3 is 2.36 bits per heavy atom. The van der Waals surface area contributed by atoms with Gasteiger partial charge in [0.05, 0.1) is 18.2 Å². The van der Waals surface area contributed by atoms with Crippen molar-refractivity contribution < 1.29 is 9.90 Å². The molecule has 1 saturated carbocycles. The van der Waals surface area contributed by atoms with E-state index in [0.29, 0.717) is 18.4 Å². The van der Waals surface area contributed by atoms with E-state index in [9.17, 15) is 25.7 Å². The van der Waals surface area contributed by atoms with Gasteiger partial charge in [-0.25, -0.2) is 0 Å². The molecule has 1 saturated heterocycles. The summed E-state index contributed by atoms with van der Waals surface area (Å²) >= 11 is 0. The van der Waals surface area contributed by atoms with E-state index in [1.54, 1.807) is 24.3 Å². The molecule has 1 aliphatic carbocycles. The molecule has 1 aliphatic heterocycles. The van der Waals surface area contributed by atoms with Gasteiger partial charge in [-0.2, -0.15) is 15.8 Å². The highest BCUT2D eigenvalue weighted by molar-refractivity contribution is 5.92. The maximum Gasteiger partial charge on any atom is 0.245 e. The quantitative estimate of drug-likeness (QED) is 0.875. The number of benzene rings is 1. The minimum atomic E-state index is -1.89. The zero-order valence-corrected chi connectivity index (χ0v) is 13.9. The summed E-state index contributed by atoms with van der Waals surface area (Å²) in [5, 5.41) is 43.5. The van der Waals surface area contributed by atoms with E-state index in [0.717, 1.165) is 0 Å². The second kappa shape index (κ2) is 5.59. The lowest BCUT2D eigenvalue weighted by Gasteiger charge is -2.49. The third-order valence-electron chi connectivity index (χ3n) is 5.71. The average Bonchev–Trinajstić information content (AvgIpc) is 2.88. The molecule has 25 heavy (non-hydrogen) atoms. The third kappa shape index (κ3) is 1.94. The number of amides is 1. The smallest absolute Gasteiger partial charge is 0.245 e. The third-order valence-corrected chi connectivity index (χ3v) is 5.71. The van der Waals surface area contributed by atoms with Crippen LogP contribution in [0, 0.1) is 50.7 Å². The van der Waals surface area contributed by atoms with Crippen LogP contribution in [0.4, 0.5) is 0 Å². The first-order valence-corrected chi connectivity index (χ1v) is 8.28. The van der Waals surface area contributed by atoms with Crippen LogP contribution >= 0.6 is 0 Å². The summed E-state index contributed by atoms with van der Waals surface area (Å²) in [7, 11) is 0. The van der Waals surface area contributed by atoms with Crippen molar-refractivity contribution in [2.75, 3.05) is 0 Å². The summed E-state index contributed by atoms with van der Waals surface area (Å²) in [6, 6.07) is 14.9. The molecule has 2 fully saturated rings. The maximum atomic E-state index is 12.7. The highest BCUT2D eigenvalue weighted by Crippen LogP contribution is 2.65. The highest BCUT2D eigenvalue weighted by Gasteiger charge is 2.76. The number of carbonyl (C=O) groups is 1. The second-order valence-corrected chi connectivity index (χ2v) is 6.89. The number of hydrogen-bond acceptors (Lipinski definition) is 5. The molecule has 1 amide bonds. The SMILES string of the molecule is CCC[C@H]1[C@H](c2ccccc2)C(C#N)(C#N)[C@@]2(C#N)C[C@@]1(O)NC2=O. The first kappa shape index (κ1) is 17.0. The van der Waals surface area contributed by atoms with Crippen LogP contribution in [-0.2, 0) is 4.79 Å². The summed E-state index contributed by atoms with van der Waals surface area (Å²) in [5.74, 6) is -2.02. The predicted molar refractivity (Wildman–Crippen MR) is 87.0 cm³/mol. The van der Waals surface area contributed by atoms with Crippen LogP contribution in [0.15, 0.2) is 30.3 Å². The minimum Gasteiger partial charge on any atom is -0.371 e. The number of nitriles is 3. The predicted octanol–water partition coefficient (Wildman–Crippen LogP) is 1.95. The molecule has 0 radical (unpaired) electrons. The molecule has 126 valence electrons. The van der Waals surface area contributed by atoms with Gasteiger partial charge in [-0.3, -0.25) is 4.79 Å². The second-order valence-electron chi connectivity index (χ2n) is 6.89. The Kier molecular flexibility index (Phi) is 3.79. The van der Waals surface area contributed by atoms with Crippen molar-refractivity contribution in [1.82, 2.24) is 5.32 Å². The van der Waals surface area contributed by atoms with Crippen molar-refractivity contribution in [2.24, 2.45) is 16.7 Å². The molecule has 3 rings (SSSR count). The molecule has 0 unspecified atom stereocenters.